The highest BCUT2D eigenvalue weighted by Gasteiger charge is 2.02. The zero-order chi connectivity index (χ0) is 12.2. The Morgan fingerprint density at radius 1 is 0.933 bits per heavy atom. The minimum absolute atomic E-state index is 0.0417. The molecule has 0 saturated carbocycles. The van der Waals surface area contributed by atoms with E-state index in [2.05, 4.69) is 22.5 Å². The van der Waals surface area contributed by atoms with Gasteiger partial charge in [-0.15, -0.1) is 0 Å². The van der Waals surface area contributed by atoms with Gasteiger partial charge >= 0.3 is 6.07 Å². The molecule has 15 heavy (non-hydrogen) atoms. The van der Waals surface area contributed by atoms with E-state index in [-0.39, 0.29) is 13.2 Å². The molecule has 6 nitrogen and oxygen atoms in total. The molecule has 94 valence electrons. The lowest BCUT2D eigenvalue weighted by atomic mass is 10.7. The number of hydrogen-bond acceptors (Lipinski definition) is 5. The van der Waals surface area contributed by atoms with E-state index in [1.54, 1.807) is 0 Å². The molecule has 0 aliphatic rings. The van der Waals surface area contributed by atoms with E-state index in [4.69, 9.17) is 24.6 Å². The Morgan fingerprint density at radius 3 is 1.40 bits per heavy atom. The number of aliphatic hydroxyl groups excluding tert-OH is 2. The Morgan fingerprint density at radius 2 is 1.20 bits per heavy atom. The standard InChI is InChI=1S/C6H14O4.Cl2HO2P/c7-1-3-9-5-6-10-4-2-8;1-5(2,3)4/h7-8H,1-6H2;(H,3,4). The first-order valence-corrected chi connectivity index (χ1v) is 7.48. The van der Waals surface area contributed by atoms with Gasteiger partial charge in [0.2, 0.25) is 0 Å². The van der Waals surface area contributed by atoms with Crippen LogP contribution >= 0.6 is 28.6 Å². The predicted octanol–water partition coefficient (Wildman–Crippen LogP) is 0.569. The average Bonchev–Trinajstić information content (AvgIpc) is 2.08. The second-order valence-corrected chi connectivity index (χ2v) is 6.24. The summed E-state index contributed by atoms with van der Waals surface area (Å²) in [5.41, 5.74) is 0. The van der Waals surface area contributed by atoms with Crippen LogP contribution in [0.3, 0.4) is 0 Å². The number of aliphatic hydroxyl groups is 2. The van der Waals surface area contributed by atoms with Crippen molar-refractivity contribution < 1.29 is 29.1 Å². The van der Waals surface area contributed by atoms with Gasteiger partial charge in [-0.1, -0.05) is 0 Å². The van der Waals surface area contributed by atoms with Gasteiger partial charge in [-0.25, -0.2) is 0 Å². The van der Waals surface area contributed by atoms with Crippen LogP contribution in [-0.4, -0.2) is 54.7 Å². The Hall–Kier alpha value is 0.610. The number of hydrogen-bond donors (Lipinski definition) is 3. The molecule has 0 atom stereocenters. The maximum atomic E-state index is 9.30. The molecular formula is C6H15Cl2O6P. The molecule has 0 aromatic heterocycles. The average molecular weight is 285 g/mol. The van der Waals surface area contributed by atoms with Gasteiger partial charge < -0.3 is 24.6 Å². The second kappa shape index (κ2) is 12.7. The first-order valence-electron chi connectivity index (χ1n) is 4.01. The normalized spacial score (nSPS) is 10.7. The third-order valence-electron chi connectivity index (χ3n) is 0.843. The first-order chi connectivity index (χ1) is 6.91. The number of ether oxygens (including phenoxy) is 2. The largest absolute Gasteiger partial charge is 0.394 e. The minimum Gasteiger partial charge on any atom is -0.394 e. The van der Waals surface area contributed by atoms with Crippen molar-refractivity contribution >= 4 is 28.6 Å². The van der Waals surface area contributed by atoms with Gasteiger partial charge in [0.05, 0.1) is 39.6 Å². The lowest BCUT2D eigenvalue weighted by molar-refractivity contribution is 0.0222. The summed E-state index contributed by atoms with van der Waals surface area (Å²) in [5, 5.41) is 16.5. The highest BCUT2D eigenvalue weighted by molar-refractivity contribution is 8.04. The molecule has 0 spiro atoms. The van der Waals surface area contributed by atoms with Crippen LogP contribution in [0.1, 0.15) is 0 Å². The third kappa shape index (κ3) is 40.1. The van der Waals surface area contributed by atoms with E-state index in [0.717, 1.165) is 0 Å². The molecule has 3 N–H and O–H groups in total. The highest BCUT2D eigenvalue weighted by Crippen LogP contribution is 2.51. The van der Waals surface area contributed by atoms with Crippen LogP contribution in [0, 0.1) is 0 Å². The van der Waals surface area contributed by atoms with Gasteiger partial charge in [-0.2, -0.15) is 0 Å². The summed E-state index contributed by atoms with van der Waals surface area (Å²) < 4.78 is 19.0. The van der Waals surface area contributed by atoms with E-state index in [1.807, 2.05) is 0 Å². The van der Waals surface area contributed by atoms with Crippen molar-refractivity contribution in [2.75, 3.05) is 39.6 Å². The van der Waals surface area contributed by atoms with Gasteiger partial charge in [0.25, 0.3) is 0 Å². The van der Waals surface area contributed by atoms with Crippen molar-refractivity contribution in [1.29, 1.82) is 0 Å². The summed E-state index contributed by atoms with van der Waals surface area (Å²) >= 11 is 8.81. The van der Waals surface area contributed by atoms with Crippen molar-refractivity contribution in [1.82, 2.24) is 0 Å². The van der Waals surface area contributed by atoms with E-state index < -0.39 is 6.07 Å². The van der Waals surface area contributed by atoms with Crippen LogP contribution in [0.25, 0.3) is 0 Å². The van der Waals surface area contributed by atoms with E-state index in [9.17, 15) is 4.57 Å². The molecule has 0 aliphatic heterocycles. The summed E-state index contributed by atoms with van der Waals surface area (Å²) in [4.78, 5) is 7.61. The Balaban J connectivity index is 0. The zero-order valence-electron chi connectivity index (χ0n) is 8.01. The molecule has 0 saturated heterocycles. The smallest absolute Gasteiger partial charge is 0.377 e. The van der Waals surface area contributed by atoms with Crippen LogP contribution in [0.4, 0.5) is 0 Å². The summed E-state index contributed by atoms with van der Waals surface area (Å²) in [6.07, 6.45) is -3.69. The van der Waals surface area contributed by atoms with Gasteiger partial charge in [0.1, 0.15) is 0 Å². The molecule has 0 amide bonds. The molecule has 0 radical (unpaired) electrons. The summed E-state index contributed by atoms with van der Waals surface area (Å²) in [6.45, 7) is 1.73. The van der Waals surface area contributed by atoms with Crippen molar-refractivity contribution in [2.45, 2.75) is 0 Å². The molecule has 0 bridgehead atoms. The molecule has 0 aromatic carbocycles. The Labute approximate surface area is 97.7 Å². The third-order valence-corrected chi connectivity index (χ3v) is 0.843. The monoisotopic (exact) mass is 284 g/mol. The molecule has 0 fully saturated rings. The fraction of sp³-hybridized carbons (Fsp3) is 1.00. The van der Waals surface area contributed by atoms with E-state index >= 15 is 0 Å². The fourth-order valence-electron chi connectivity index (χ4n) is 0.451. The number of halogens is 2. The van der Waals surface area contributed by atoms with Crippen molar-refractivity contribution in [2.24, 2.45) is 0 Å². The second-order valence-electron chi connectivity index (χ2n) is 2.11. The molecule has 0 heterocycles. The van der Waals surface area contributed by atoms with Gasteiger partial charge in [-0.3, -0.25) is 4.57 Å². The maximum Gasteiger partial charge on any atom is 0.377 e. The lowest BCUT2D eigenvalue weighted by Gasteiger charge is -2.01. The maximum absolute atomic E-state index is 9.30. The van der Waals surface area contributed by atoms with Gasteiger partial charge in [-0.05, 0) is 22.5 Å². The molecule has 0 aliphatic carbocycles. The zero-order valence-corrected chi connectivity index (χ0v) is 10.4. The van der Waals surface area contributed by atoms with Crippen molar-refractivity contribution in [3.63, 3.8) is 0 Å². The van der Waals surface area contributed by atoms with Gasteiger partial charge in [0.15, 0.2) is 0 Å². The molecule has 0 rings (SSSR count). The van der Waals surface area contributed by atoms with Crippen LogP contribution in [-0.2, 0) is 14.0 Å². The summed E-state index contributed by atoms with van der Waals surface area (Å²) in [6, 6.07) is 0. The fourth-order valence-corrected chi connectivity index (χ4v) is 0.451. The van der Waals surface area contributed by atoms with E-state index in [1.165, 1.54) is 0 Å². The Bertz CT molecular complexity index is 147. The van der Waals surface area contributed by atoms with Crippen molar-refractivity contribution in [3.8, 4) is 0 Å². The van der Waals surface area contributed by atoms with Crippen LogP contribution in [0.5, 0.6) is 0 Å². The Kier molecular flexibility index (Phi) is 15.2. The lowest BCUT2D eigenvalue weighted by Crippen LogP contribution is -2.09. The molecular weight excluding hydrogens is 270 g/mol. The van der Waals surface area contributed by atoms with E-state index in [0.29, 0.717) is 26.4 Å². The SMILES string of the molecule is O=P(O)(Cl)Cl.OCCOCCOCCO. The topological polar surface area (TPSA) is 96.2 Å². The summed E-state index contributed by atoms with van der Waals surface area (Å²) in [7, 11) is 0. The summed E-state index contributed by atoms with van der Waals surface area (Å²) in [5.74, 6) is 0. The highest BCUT2D eigenvalue weighted by atomic mass is 35.9. The number of rotatable bonds is 7. The molecule has 0 unspecified atom stereocenters. The minimum atomic E-state index is -3.69. The first kappa shape index (κ1) is 18.0. The van der Waals surface area contributed by atoms with Crippen molar-refractivity contribution in [3.05, 3.63) is 0 Å². The van der Waals surface area contributed by atoms with Crippen LogP contribution < -0.4 is 0 Å². The predicted molar refractivity (Wildman–Crippen MR) is 57.3 cm³/mol. The molecule has 9 heteroatoms. The van der Waals surface area contributed by atoms with Crippen LogP contribution in [0.2, 0.25) is 0 Å². The van der Waals surface area contributed by atoms with Crippen LogP contribution in [0.15, 0.2) is 0 Å². The van der Waals surface area contributed by atoms with Gasteiger partial charge in [0, 0.05) is 0 Å². The quantitative estimate of drug-likeness (QED) is 0.467. The molecule has 0 aromatic rings.